The number of fused-ring (bicyclic) bond motifs is 4. The average molecular weight is 556 g/mol. The maximum Gasteiger partial charge on any atom is 0.354 e. The lowest BCUT2D eigenvalue weighted by atomic mass is 9.98. The third-order valence-electron chi connectivity index (χ3n) is 6.85. The van der Waals surface area contributed by atoms with Gasteiger partial charge in [-0.3, -0.25) is 4.79 Å². The van der Waals surface area contributed by atoms with E-state index in [0.717, 1.165) is 16.3 Å². The number of carbonyl (C=O) groups excluding carboxylic acids is 2. The van der Waals surface area contributed by atoms with Gasteiger partial charge in [0.2, 0.25) is 5.75 Å². The highest BCUT2D eigenvalue weighted by Gasteiger charge is 2.37. The SMILES string of the molecule is COC(=O)c1cc2c3c(cc(OC(C)C)c2[nH]1)N(C(=O)c1cc2cc(OC)c(OC)c(OC)c2[nH]1)C[C@H]3CCl. The minimum atomic E-state index is -0.498. The van der Waals surface area contributed by atoms with Gasteiger partial charge in [-0.05, 0) is 37.6 Å². The normalized spacial score (nSPS) is 14.7. The van der Waals surface area contributed by atoms with Gasteiger partial charge in [0.15, 0.2) is 11.5 Å². The molecule has 0 aliphatic carbocycles. The molecule has 1 aliphatic heterocycles. The lowest BCUT2D eigenvalue weighted by Crippen LogP contribution is -2.30. The van der Waals surface area contributed by atoms with Gasteiger partial charge in [0.25, 0.3) is 5.91 Å². The van der Waals surface area contributed by atoms with Crippen LogP contribution in [0, 0.1) is 0 Å². The van der Waals surface area contributed by atoms with E-state index in [0.29, 0.717) is 57.7 Å². The molecule has 0 bridgehead atoms. The number of benzene rings is 2. The van der Waals surface area contributed by atoms with Crippen LogP contribution in [0.4, 0.5) is 5.69 Å². The maximum absolute atomic E-state index is 14.0. The van der Waals surface area contributed by atoms with Crippen LogP contribution in [0.3, 0.4) is 0 Å². The Morgan fingerprint density at radius 1 is 0.949 bits per heavy atom. The highest BCUT2D eigenvalue weighted by Crippen LogP contribution is 2.47. The number of aromatic amines is 2. The molecule has 1 amide bonds. The van der Waals surface area contributed by atoms with Crippen LogP contribution in [-0.2, 0) is 4.74 Å². The Morgan fingerprint density at radius 3 is 2.28 bits per heavy atom. The number of H-pyrrole nitrogens is 2. The summed E-state index contributed by atoms with van der Waals surface area (Å²) in [6.07, 6.45) is -0.142. The summed E-state index contributed by atoms with van der Waals surface area (Å²) in [5.74, 6) is 1.23. The van der Waals surface area contributed by atoms with Crippen molar-refractivity contribution in [1.29, 1.82) is 0 Å². The van der Waals surface area contributed by atoms with Crippen molar-refractivity contribution in [3.8, 4) is 23.0 Å². The first-order valence-electron chi connectivity index (χ1n) is 12.4. The molecule has 10 nitrogen and oxygen atoms in total. The van der Waals surface area contributed by atoms with Crippen LogP contribution in [0.25, 0.3) is 21.8 Å². The Morgan fingerprint density at radius 2 is 1.67 bits per heavy atom. The van der Waals surface area contributed by atoms with Crippen LogP contribution in [0.15, 0.2) is 24.3 Å². The molecule has 5 rings (SSSR count). The van der Waals surface area contributed by atoms with Crippen LogP contribution in [0.2, 0.25) is 0 Å². The number of rotatable bonds is 8. The Hall–Kier alpha value is -4.05. The van der Waals surface area contributed by atoms with Gasteiger partial charge in [0.1, 0.15) is 17.1 Å². The number of hydrogen-bond acceptors (Lipinski definition) is 7. The summed E-state index contributed by atoms with van der Waals surface area (Å²) in [5.41, 5.74) is 3.45. The molecular formula is C28H30ClN3O7. The average Bonchev–Trinajstić information content (AvgIpc) is 3.65. The van der Waals surface area contributed by atoms with Gasteiger partial charge in [0, 0.05) is 35.2 Å². The number of amides is 1. The Balaban J connectivity index is 1.66. The summed E-state index contributed by atoms with van der Waals surface area (Å²) in [5, 5.41) is 1.49. The summed E-state index contributed by atoms with van der Waals surface area (Å²) >= 11 is 6.42. The molecule has 0 spiro atoms. The van der Waals surface area contributed by atoms with E-state index >= 15 is 0 Å². The number of ether oxygens (including phenoxy) is 5. The second-order valence-electron chi connectivity index (χ2n) is 9.50. The molecule has 206 valence electrons. The first kappa shape index (κ1) is 26.6. The molecular weight excluding hydrogens is 526 g/mol. The Bertz CT molecular complexity index is 1590. The molecule has 1 aliphatic rings. The zero-order valence-electron chi connectivity index (χ0n) is 22.6. The Labute approximate surface area is 230 Å². The largest absolute Gasteiger partial charge is 0.493 e. The molecule has 1 atom stereocenters. The summed E-state index contributed by atoms with van der Waals surface area (Å²) in [7, 11) is 5.92. The van der Waals surface area contributed by atoms with Gasteiger partial charge >= 0.3 is 5.97 Å². The second-order valence-corrected chi connectivity index (χ2v) is 9.81. The van der Waals surface area contributed by atoms with Crippen molar-refractivity contribution in [2.45, 2.75) is 25.9 Å². The summed E-state index contributed by atoms with van der Waals surface area (Å²) in [6, 6.07) is 7.10. The topological polar surface area (TPSA) is 115 Å². The monoisotopic (exact) mass is 555 g/mol. The molecule has 4 aromatic rings. The van der Waals surface area contributed by atoms with E-state index in [4.69, 9.17) is 35.3 Å². The summed E-state index contributed by atoms with van der Waals surface area (Å²) in [4.78, 5) is 34.4. The van der Waals surface area contributed by atoms with Gasteiger partial charge in [-0.1, -0.05) is 0 Å². The quantitative estimate of drug-likeness (QED) is 0.226. The van der Waals surface area contributed by atoms with E-state index < -0.39 is 5.97 Å². The number of esters is 1. The summed E-state index contributed by atoms with van der Waals surface area (Å²) < 4.78 is 27.6. The number of nitrogens with zero attached hydrogens (tertiary/aromatic N) is 1. The minimum Gasteiger partial charge on any atom is -0.493 e. The number of alkyl halides is 1. The van der Waals surface area contributed by atoms with Crippen LogP contribution < -0.4 is 23.8 Å². The number of hydrogen-bond donors (Lipinski definition) is 2. The van der Waals surface area contributed by atoms with Crippen LogP contribution in [-0.4, -0.2) is 68.8 Å². The van der Waals surface area contributed by atoms with Gasteiger partial charge in [-0.25, -0.2) is 4.79 Å². The van der Waals surface area contributed by atoms with Crippen molar-refractivity contribution >= 4 is 51.0 Å². The maximum atomic E-state index is 14.0. The van der Waals surface area contributed by atoms with E-state index in [9.17, 15) is 9.59 Å². The number of methoxy groups -OCH3 is 4. The van der Waals surface area contributed by atoms with Crippen molar-refractivity contribution < 1.29 is 33.3 Å². The first-order valence-corrected chi connectivity index (χ1v) is 12.9. The molecule has 39 heavy (non-hydrogen) atoms. The van der Waals surface area contributed by atoms with E-state index in [1.165, 1.54) is 21.3 Å². The zero-order chi connectivity index (χ0) is 28.0. The fourth-order valence-corrected chi connectivity index (χ4v) is 5.48. The highest BCUT2D eigenvalue weighted by atomic mass is 35.5. The van der Waals surface area contributed by atoms with Crippen molar-refractivity contribution in [2.24, 2.45) is 0 Å². The molecule has 0 saturated heterocycles. The van der Waals surface area contributed by atoms with Crippen molar-refractivity contribution in [2.75, 3.05) is 45.8 Å². The standard InChI is InChI=1S/C28H30ClN3O7/c1-13(2)39-20-10-19-22(16-9-18(28(34)38-6)31-24(16)20)15(11-29)12-32(19)27(33)17-7-14-8-21(35-3)25(36-4)26(37-5)23(14)30-17/h7-10,13,15,30-31H,11-12H2,1-6H3/t15-/m1/s1. The predicted octanol–water partition coefficient (Wildman–Crippen LogP) is 5.23. The van der Waals surface area contributed by atoms with Crippen LogP contribution >= 0.6 is 11.6 Å². The van der Waals surface area contributed by atoms with Crippen molar-refractivity contribution in [3.05, 3.63) is 41.2 Å². The van der Waals surface area contributed by atoms with Gasteiger partial charge < -0.3 is 38.6 Å². The lowest BCUT2D eigenvalue weighted by Gasteiger charge is -2.19. The third kappa shape index (κ3) is 4.28. The molecule has 11 heteroatoms. The smallest absolute Gasteiger partial charge is 0.354 e. The molecule has 2 aromatic heterocycles. The molecule has 2 aromatic carbocycles. The fraction of sp³-hybridized carbons (Fsp3) is 0.357. The number of anilines is 1. The lowest BCUT2D eigenvalue weighted by molar-refractivity contribution is 0.0595. The number of nitrogens with one attached hydrogen (secondary N) is 2. The highest BCUT2D eigenvalue weighted by molar-refractivity contribution is 6.19. The predicted molar refractivity (Wildman–Crippen MR) is 148 cm³/mol. The van der Waals surface area contributed by atoms with Crippen LogP contribution in [0.1, 0.15) is 46.3 Å². The van der Waals surface area contributed by atoms with Crippen molar-refractivity contribution in [3.63, 3.8) is 0 Å². The van der Waals surface area contributed by atoms with Gasteiger partial charge in [-0.2, -0.15) is 0 Å². The fourth-order valence-electron chi connectivity index (χ4n) is 5.23. The van der Waals surface area contributed by atoms with Gasteiger partial charge in [-0.15, -0.1) is 11.6 Å². The van der Waals surface area contributed by atoms with Crippen molar-refractivity contribution in [1.82, 2.24) is 9.97 Å². The van der Waals surface area contributed by atoms with Crippen LogP contribution in [0.5, 0.6) is 23.0 Å². The second kappa shape index (κ2) is 10.3. The third-order valence-corrected chi connectivity index (χ3v) is 7.22. The minimum absolute atomic E-state index is 0.142. The van der Waals surface area contributed by atoms with E-state index in [-0.39, 0.29) is 23.8 Å². The molecule has 0 fully saturated rings. The van der Waals surface area contributed by atoms with E-state index in [2.05, 4.69) is 9.97 Å². The number of aromatic nitrogens is 2. The van der Waals surface area contributed by atoms with Gasteiger partial charge in [0.05, 0.1) is 51.3 Å². The summed E-state index contributed by atoms with van der Waals surface area (Å²) in [6.45, 7) is 4.18. The zero-order valence-corrected chi connectivity index (χ0v) is 23.3. The number of carbonyl (C=O) groups is 2. The van der Waals surface area contributed by atoms with E-state index in [1.54, 1.807) is 30.2 Å². The Kier molecular flexibility index (Phi) is 6.98. The van der Waals surface area contributed by atoms with E-state index in [1.807, 2.05) is 19.9 Å². The number of halogens is 1. The molecule has 3 heterocycles. The first-order chi connectivity index (χ1) is 18.8. The molecule has 0 unspecified atom stereocenters. The molecule has 0 radical (unpaired) electrons. The molecule has 2 N–H and O–H groups in total. The molecule has 0 saturated carbocycles.